The number of benzene rings is 2. The molecule has 4 aromatic rings. The second-order valence-electron chi connectivity index (χ2n) is 8.60. The standard InChI is InChI=1S/C26H22N2O2S/c29-24-11-10-21(23-13-19-8-4-5-9-22(19)31-23)25-20-12-17(15-28(24)25)14-27(16-20)26(30)18-6-2-1-3-7-18/h1-11,13,17,20H,12,14-16H2. The number of piperidine rings is 1. The van der Waals surface area contributed by atoms with Gasteiger partial charge in [0, 0.05) is 58.0 Å². The Morgan fingerprint density at radius 3 is 2.55 bits per heavy atom. The van der Waals surface area contributed by atoms with Crippen molar-refractivity contribution >= 4 is 27.3 Å². The molecule has 0 aliphatic carbocycles. The molecule has 2 unspecified atom stereocenters. The van der Waals surface area contributed by atoms with Gasteiger partial charge in [-0.3, -0.25) is 9.59 Å². The first kappa shape index (κ1) is 18.6. The number of carbonyl (C=O) groups excluding carboxylic acids is 1. The van der Waals surface area contributed by atoms with Crippen molar-refractivity contribution in [3.63, 3.8) is 0 Å². The summed E-state index contributed by atoms with van der Waals surface area (Å²) in [6.07, 6.45) is 1.03. The fraction of sp³-hybridized carbons (Fsp3) is 0.231. The molecule has 5 heteroatoms. The third-order valence-electron chi connectivity index (χ3n) is 6.59. The van der Waals surface area contributed by atoms with E-state index in [1.807, 2.05) is 45.9 Å². The fourth-order valence-corrected chi connectivity index (χ4v) is 6.36. The Hall–Kier alpha value is -3.18. The summed E-state index contributed by atoms with van der Waals surface area (Å²) in [7, 11) is 0. The molecule has 0 N–H and O–H groups in total. The Morgan fingerprint density at radius 1 is 0.903 bits per heavy atom. The number of pyridine rings is 1. The molecule has 0 saturated carbocycles. The molecule has 1 amide bonds. The summed E-state index contributed by atoms with van der Waals surface area (Å²) in [5.74, 6) is 0.578. The van der Waals surface area contributed by atoms with E-state index in [4.69, 9.17) is 0 Å². The molecule has 1 fully saturated rings. The van der Waals surface area contributed by atoms with E-state index < -0.39 is 0 Å². The van der Waals surface area contributed by atoms with Crippen LogP contribution in [0.15, 0.2) is 77.6 Å². The van der Waals surface area contributed by atoms with E-state index in [9.17, 15) is 9.59 Å². The third-order valence-corrected chi connectivity index (χ3v) is 7.74. The maximum Gasteiger partial charge on any atom is 0.253 e. The number of aromatic nitrogens is 1. The van der Waals surface area contributed by atoms with Crippen LogP contribution in [0, 0.1) is 5.92 Å². The summed E-state index contributed by atoms with van der Waals surface area (Å²) < 4.78 is 3.23. The van der Waals surface area contributed by atoms with Crippen molar-refractivity contribution in [2.24, 2.45) is 5.92 Å². The van der Waals surface area contributed by atoms with Crippen LogP contribution in [-0.4, -0.2) is 28.5 Å². The van der Waals surface area contributed by atoms with Crippen LogP contribution in [0.3, 0.4) is 0 Å². The van der Waals surface area contributed by atoms with Gasteiger partial charge < -0.3 is 9.47 Å². The molecule has 2 aromatic heterocycles. The molecule has 6 rings (SSSR count). The highest BCUT2D eigenvalue weighted by atomic mass is 32.1. The minimum absolute atomic E-state index is 0.0670. The number of likely N-dealkylation sites (tertiary alicyclic amines) is 1. The van der Waals surface area contributed by atoms with E-state index in [1.165, 1.54) is 15.0 Å². The van der Waals surface area contributed by atoms with Crippen LogP contribution in [0.4, 0.5) is 0 Å². The van der Waals surface area contributed by atoms with Gasteiger partial charge in [0.05, 0.1) is 0 Å². The summed E-state index contributed by atoms with van der Waals surface area (Å²) in [5, 5.41) is 1.23. The number of rotatable bonds is 2. The fourth-order valence-electron chi connectivity index (χ4n) is 5.27. The molecule has 1 saturated heterocycles. The molecule has 0 radical (unpaired) electrons. The SMILES string of the molecule is O=C(c1ccccc1)N1CC2CC(C1)c1c(-c3cc4ccccc4s3)ccc(=O)n1C2. The van der Waals surface area contributed by atoms with Gasteiger partial charge >= 0.3 is 0 Å². The Morgan fingerprint density at radius 2 is 1.71 bits per heavy atom. The average molecular weight is 427 g/mol. The number of thiophene rings is 1. The van der Waals surface area contributed by atoms with Crippen LogP contribution in [-0.2, 0) is 6.54 Å². The zero-order valence-electron chi connectivity index (χ0n) is 17.0. The molecule has 2 aliphatic heterocycles. The molecule has 0 spiro atoms. The van der Waals surface area contributed by atoms with E-state index in [0.29, 0.717) is 25.6 Å². The van der Waals surface area contributed by atoms with E-state index >= 15 is 0 Å². The molecule has 2 atom stereocenters. The lowest BCUT2D eigenvalue weighted by Crippen LogP contribution is -2.49. The van der Waals surface area contributed by atoms with Crippen molar-refractivity contribution in [1.29, 1.82) is 0 Å². The van der Waals surface area contributed by atoms with Crippen molar-refractivity contribution in [2.75, 3.05) is 13.1 Å². The van der Waals surface area contributed by atoms with Crippen molar-refractivity contribution in [2.45, 2.75) is 18.9 Å². The minimum Gasteiger partial charge on any atom is -0.338 e. The van der Waals surface area contributed by atoms with Gasteiger partial charge in [0.25, 0.3) is 11.5 Å². The quantitative estimate of drug-likeness (QED) is 0.453. The van der Waals surface area contributed by atoms with Crippen molar-refractivity contribution < 1.29 is 4.79 Å². The average Bonchev–Trinajstić information content (AvgIpc) is 3.24. The second kappa shape index (κ2) is 7.20. The van der Waals surface area contributed by atoms with Gasteiger partial charge in [-0.1, -0.05) is 36.4 Å². The van der Waals surface area contributed by atoms with Gasteiger partial charge in [0.15, 0.2) is 0 Å². The zero-order chi connectivity index (χ0) is 20.9. The summed E-state index contributed by atoms with van der Waals surface area (Å²) in [4.78, 5) is 29.1. The number of carbonyl (C=O) groups is 1. The van der Waals surface area contributed by atoms with Crippen LogP contribution < -0.4 is 5.56 Å². The molecule has 31 heavy (non-hydrogen) atoms. The first-order chi connectivity index (χ1) is 15.2. The van der Waals surface area contributed by atoms with Crippen molar-refractivity contribution in [3.05, 3.63) is 94.4 Å². The van der Waals surface area contributed by atoms with Crippen LogP contribution in [0.25, 0.3) is 20.5 Å². The molecule has 154 valence electrons. The Bertz CT molecular complexity index is 1320. The number of hydrogen-bond acceptors (Lipinski definition) is 3. The van der Waals surface area contributed by atoms with Crippen molar-refractivity contribution in [1.82, 2.24) is 9.47 Å². The van der Waals surface area contributed by atoms with Gasteiger partial charge in [-0.05, 0) is 48.1 Å². The lowest BCUT2D eigenvalue weighted by Gasteiger charge is -2.43. The first-order valence-electron chi connectivity index (χ1n) is 10.7. The van der Waals surface area contributed by atoms with Gasteiger partial charge in [-0.25, -0.2) is 0 Å². The van der Waals surface area contributed by atoms with E-state index in [1.54, 1.807) is 17.4 Å². The summed E-state index contributed by atoms with van der Waals surface area (Å²) in [6, 6.07) is 23.8. The predicted molar refractivity (Wildman–Crippen MR) is 125 cm³/mol. The summed E-state index contributed by atoms with van der Waals surface area (Å²) in [6.45, 7) is 2.05. The Labute approximate surface area is 184 Å². The molecule has 2 bridgehead atoms. The number of amides is 1. The second-order valence-corrected chi connectivity index (χ2v) is 9.69. The molecule has 2 aromatic carbocycles. The molecule has 4 nitrogen and oxygen atoms in total. The van der Waals surface area contributed by atoms with Gasteiger partial charge in [0.2, 0.25) is 0 Å². The largest absolute Gasteiger partial charge is 0.338 e. The predicted octanol–water partition coefficient (Wildman–Crippen LogP) is 4.99. The minimum atomic E-state index is 0.0670. The first-order valence-corrected chi connectivity index (χ1v) is 11.6. The van der Waals surface area contributed by atoms with Crippen molar-refractivity contribution in [3.8, 4) is 10.4 Å². The highest BCUT2D eigenvalue weighted by Gasteiger charge is 2.38. The Balaban J connectivity index is 1.43. The summed E-state index contributed by atoms with van der Waals surface area (Å²) in [5.41, 5.74) is 3.04. The number of nitrogens with zero attached hydrogens (tertiary/aromatic N) is 2. The topological polar surface area (TPSA) is 42.3 Å². The highest BCUT2D eigenvalue weighted by Crippen LogP contribution is 2.42. The monoisotopic (exact) mass is 426 g/mol. The van der Waals surface area contributed by atoms with Crippen LogP contribution in [0.1, 0.15) is 28.4 Å². The molecule has 4 heterocycles. The maximum absolute atomic E-state index is 13.1. The molecule has 2 aliphatic rings. The molecular formula is C26H22N2O2S. The van der Waals surface area contributed by atoms with Gasteiger partial charge in [0.1, 0.15) is 0 Å². The highest BCUT2D eigenvalue weighted by molar-refractivity contribution is 7.22. The zero-order valence-corrected chi connectivity index (χ0v) is 17.8. The van der Waals surface area contributed by atoms with Crippen LogP contribution >= 0.6 is 11.3 Å². The van der Waals surface area contributed by atoms with Crippen LogP contribution in [0.5, 0.6) is 0 Å². The number of hydrogen-bond donors (Lipinski definition) is 0. The van der Waals surface area contributed by atoms with E-state index in [0.717, 1.165) is 23.2 Å². The lowest BCUT2D eigenvalue weighted by molar-refractivity contribution is 0.0595. The Kier molecular flexibility index (Phi) is 4.32. The van der Waals surface area contributed by atoms with Crippen LogP contribution in [0.2, 0.25) is 0 Å². The third kappa shape index (κ3) is 3.12. The smallest absolute Gasteiger partial charge is 0.253 e. The van der Waals surface area contributed by atoms with E-state index in [-0.39, 0.29) is 17.4 Å². The normalized spacial score (nSPS) is 19.9. The van der Waals surface area contributed by atoms with E-state index in [2.05, 4.69) is 30.3 Å². The number of fused-ring (bicyclic) bond motifs is 5. The van der Waals surface area contributed by atoms with Gasteiger partial charge in [-0.2, -0.15) is 0 Å². The molecular weight excluding hydrogens is 404 g/mol. The van der Waals surface area contributed by atoms with Gasteiger partial charge in [-0.15, -0.1) is 11.3 Å². The summed E-state index contributed by atoms with van der Waals surface area (Å²) >= 11 is 1.77. The maximum atomic E-state index is 13.1. The lowest BCUT2D eigenvalue weighted by atomic mass is 9.81.